The molecule has 0 saturated carbocycles. The molecule has 0 aliphatic heterocycles. The van der Waals surface area contributed by atoms with Crippen molar-refractivity contribution in [3.63, 3.8) is 0 Å². The van der Waals surface area contributed by atoms with Gasteiger partial charge < -0.3 is 0 Å². The van der Waals surface area contributed by atoms with Crippen LogP contribution in [0.2, 0.25) is 0 Å². The van der Waals surface area contributed by atoms with Crippen LogP contribution in [0.4, 0.5) is 17.6 Å². The highest BCUT2D eigenvalue weighted by Gasteiger charge is 2.32. The summed E-state index contributed by atoms with van der Waals surface area (Å²) >= 11 is 1.46. The van der Waals surface area contributed by atoms with Gasteiger partial charge >= 0.3 is 6.18 Å². The second-order valence-corrected chi connectivity index (χ2v) is 5.07. The molecule has 0 aliphatic rings. The van der Waals surface area contributed by atoms with E-state index in [0.29, 0.717) is 6.42 Å². The molecule has 2 rings (SSSR count). The van der Waals surface area contributed by atoms with Crippen LogP contribution in [0.25, 0.3) is 0 Å². The summed E-state index contributed by atoms with van der Waals surface area (Å²) in [4.78, 5) is 0. The predicted octanol–water partition coefficient (Wildman–Crippen LogP) is 3.65. The zero-order chi connectivity index (χ0) is 14.8. The molecular formula is C13H12F4N2S. The molecule has 0 radical (unpaired) electrons. The smallest absolute Gasteiger partial charge is 0.271 e. The summed E-state index contributed by atoms with van der Waals surface area (Å²) in [5.41, 5.74) is 2.28. The molecular weight excluding hydrogens is 292 g/mol. The van der Waals surface area contributed by atoms with E-state index in [1.54, 1.807) is 0 Å². The van der Waals surface area contributed by atoms with Crippen LogP contribution in [0.3, 0.4) is 0 Å². The fourth-order valence-corrected chi connectivity index (χ4v) is 2.57. The van der Waals surface area contributed by atoms with Crippen LogP contribution in [0.5, 0.6) is 0 Å². The van der Waals surface area contributed by atoms with Gasteiger partial charge in [-0.3, -0.25) is 11.3 Å². The zero-order valence-electron chi connectivity index (χ0n) is 10.2. The maximum absolute atomic E-state index is 13.8. The van der Waals surface area contributed by atoms with Gasteiger partial charge in [0.25, 0.3) is 0 Å². The molecule has 2 nitrogen and oxygen atoms in total. The van der Waals surface area contributed by atoms with Gasteiger partial charge in [0.1, 0.15) is 5.82 Å². The normalized spacial score (nSPS) is 13.4. The van der Waals surface area contributed by atoms with Crippen molar-refractivity contribution in [3.8, 4) is 0 Å². The summed E-state index contributed by atoms with van der Waals surface area (Å²) in [6.45, 7) is 0. The van der Waals surface area contributed by atoms with Crippen LogP contribution in [-0.4, -0.2) is 0 Å². The van der Waals surface area contributed by atoms with Crippen molar-refractivity contribution in [2.75, 3.05) is 0 Å². The average Bonchev–Trinajstić information content (AvgIpc) is 2.88. The molecule has 0 saturated heterocycles. The molecule has 1 aromatic heterocycles. The van der Waals surface area contributed by atoms with Gasteiger partial charge in [0, 0.05) is 5.56 Å². The highest BCUT2D eigenvalue weighted by Crippen LogP contribution is 2.32. The number of alkyl halides is 3. The Balaban J connectivity index is 2.33. The average molecular weight is 304 g/mol. The SMILES string of the molecule is NNC(Cc1ccsc1)c1cc(C(F)(F)F)ccc1F. The van der Waals surface area contributed by atoms with E-state index in [-0.39, 0.29) is 5.56 Å². The molecule has 108 valence electrons. The second-order valence-electron chi connectivity index (χ2n) is 4.29. The minimum atomic E-state index is -4.51. The number of hydrogen-bond acceptors (Lipinski definition) is 3. The number of benzene rings is 1. The Morgan fingerprint density at radius 1 is 1.25 bits per heavy atom. The first-order valence-corrected chi connectivity index (χ1v) is 6.70. The van der Waals surface area contributed by atoms with Gasteiger partial charge in [-0.25, -0.2) is 4.39 Å². The van der Waals surface area contributed by atoms with E-state index >= 15 is 0 Å². The molecule has 7 heteroatoms. The number of rotatable bonds is 4. The third-order valence-electron chi connectivity index (χ3n) is 2.92. The molecule has 1 unspecified atom stereocenters. The predicted molar refractivity (Wildman–Crippen MR) is 69.5 cm³/mol. The van der Waals surface area contributed by atoms with E-state index in [4.69, 9.17) is 5.84 Å². The molecule has 20 heavy (non-hydrogen) atoms. The Kier molecular flexibility index (Phi) is 4.42. The van der Waals surface area contributed by atoms with E-state index in [0.717, 1.165) is 23.8 Å². The minimum Gasteiger partial charge on any atom is -0.271 e. The van der Waals surface area contributed by atoms with Crippen molar-refractivity contribution in [2.24, 2.45) is 5.84 Å². The van der Waals surface area contributed by atoms with Crippen molar-refractivity contribution in [1.29, 1.82) is 0 Å². The summed E-state index contributed by atoms with van der Waals surface area (Å²) in [6.07, 6.45) is -4.19. The molecule has 1 aromatic carbocycles. The summed E-state index contributed by atoms with van der Waals surface area (Å²) in [5.74, 6) is 4.64. The van der Waals surface area contributed by atoms with E-state index in [9.17, 15) is 17.6 Å². The molecule has 1 atom stereocenters. The minimum absolute atomic E-state index is 0.0893. The molecule has 0 aliphatic carbocycles. The van der Waals surface area contributed by atoms with Gasteiger partial charge in [-0.1, -0.05) is 0 Å². The lowest BCUT2D eigenvalue weighted by molar-refractivity contribution is -0.137. The summed E-state index contributed by atoms with van der Waals surface area (Å²) in [7, 11) is 0. The van der Waals surface area contributed by atoms with Crippen molar-refractivity contribution >= 4 is 11.3 Å². The van der Waals surface area contributed by atoms with Crippen LogP contribution < -0.4 is 11.3 Å². The van der Waals surface area contributed by atoms with Crippen LogP contribution in [0.1, 0.15) is 22.7 Å². The number of hydrazine groups is 1. The topological polar surface area (TPSA) is 38.0 Å². The number of hydrogen-bond donors (Lipinski definition) is 2. The maximum atomic E-state index is 13.8. The fraction of sp³-hybridized carbons (Fsp3) is 0.231. The van der Waals surface area contributed by atoms with Crippen molar-refractivity contribution < 1.29 is 17.6 Å². The molecule has 2 aromatic rings. The number of nitrogens with one attached hydrogen (secondary N) is 1. The first-order chi connectivity index (χ1) is 9.41. The molecule has 0 fully saturated rings. The lowest BCUT2D eigenvalue weighted by Crippen LogP contribution is -2.30. The third-order valence-corrected chi connectivity index (χ3v) is 3.65. The molecule has 3 N–H and O–H groups in total. The molecule has 0 spiro atoms. The van der Waals surface area contributed by atoms with Crippen LogP contribution in [-0.2, 0) is 12.6 Å². The Labute approximate surface area is 117 Å². The van der Waals surface area contributed by atoms with Gasteiger partial charge in [-0.05, 0) is 47.0 Å². The zero-order valence-corrected chi connectivity index (χ0v) is 11.1. The first-order valence-electron chi connectivity index (χ1n) is 5.75. The van der Waals surface area contributed by atoms with Crippen molar-refractivity contribution in [1.82, 2.24) is 5.43 Å². The van der Waals surface area contributed by atoms with Gasteiger partial charge in [0.15, 0.2) is 0 Å². The number of halogens is 4. The van der Waals surface area contributed by atoms with Crippen molar-refractivity contribution in [3.05, 3.63) is 57.5 Å². The van der Waals surface area contributed by atoms with Crippen LogP contribution in [0.15, 0.2) is 35.0 Å². The van der Waals surface area contributed by atoms with Gasteiger partial charge in [0.05, 0.1) is 11.6 Å². The van der Waals surface area contributed by atoms with E-state index < -0.39 is 23.6 Å². The first kappa shape index (κ1) is 15.0. The van der Waals surface area contributed by atoms with Crippen LogP contribution in [0, 0.1) is 5.82 Å². The highest BCUT2D eigenvalue weighted by atomic mass is 32.1. The standard InChI is InChI=1S/C13H12F4N2S/c14-11-2-1-9(13(15,16)17)6-10(11)12(19-18)5-8-3-4-20-7-8/h1-4,6-7,12,19H,5,18H2. The Hall–Kier alpha value is -1.44. The second kappa shape index (κ2) is 5.90. The monoisotopic (exact) mass is 304 g/mol. The highest BCUT2D eigenvalue weighted by molar-refractivity contribution is 7.07. The Bertz CT molecular complexity index is 566. The maximum Gasteiger partial charge on any atom is 0.416 e. The van der Waals surface area contributed by atoms with Gasteiger partial charge in [-0.2, -0.15) is 24.5 Å². The van der Waals surface area contributed by atoms with Crippen LogP contribution >= 0.6 is 11.3 Å². The van der Waals surface area contributed by atoms with Gasteiger partial charge in [-0.15, -0.1) is 0 Å². The Morgan fingerprint density at radius 2 is 2.00 bits per heavy atom. The molecule has 0 amide bonds. The molecule has 0 bridgehead atoms. The number of nitrogens with two attached hydrogens (primary N) is 1. The lowest BCUT2D eigenvalue weighted by atomic mass is 9.98. The summed E-state index contributed by atoms with van der Waals surface area (Å²) in [6, 6.07) is 3.44. The summed E-state index contributed by atoms with van der Waals surface area (Å²) in [5, 5.41) is 3.68. The van der Waals surface area contributed by atoms with E-state index in [2.05, 4.69) is 5.43 Å². The number of thiophene rings is 1. The van der Waals surface area contributed by atoms with E-state index in [1.165, 1.54) is 11.3 Å². The Morgan fingerprint density at radius 3 is 2.55 bits per heavy atom. The lowest BCUT2D eigenvalue weighted by Gasteiger charge is -2.18. The van der Waals surface area contributed by atoms with E-state index in [1.807, 2.05) is 16.8 Å². The third kappa shape index (κ3) is 3.36. The fourth-order valence-electron chi connectivity index (χ4n) is 1.89. The van der Waals surface area contributed by atoms with Crippen molar-refractivity contribution in [2.45, 2.75) is 18.6 Å². The quantitative estimate of drug-likeness (QED) is 0.514. The molecule has 1 heterocycles. The summed E-state index contributed by atoms with van der Waals surface area (Å²) < 4.78 is 51.8. The van der Waals surface area contributed by atoms with Gasteiger partial charge in [0.2, 0.25) is 0 Å². The largest absolute Gasteiger partial charge is 0.416 e.